The maximum Gasteiger partial charge on any atom is 0.341 e. The molecule has 1 amide bonds. The van der Waals surface area contributed by atoms with Gasteiger partial charge in [-0.1, -0.05) is 6.07 Å². The van der Waals surface area contributed by atoms with E-state index in [2.05, 4.69) is 5.32 Å². The number of hydrogen-bond donors (Lipinski definition) is 1. The average Bonchev–Trinajstić information content (AvgIpc) is 3.09. The predicted octanol–water partition coefficient (Wildman–Crippen LogP) is 2.90. The SMILES string of the molecule is CC(NC(=O)c1ccc(S(=O)(=O)C(F)F)cc1)c1ccc2c(c1)OCO2. The van der Waals surface area contributed by atoms with Crippen LogP contribution in [0.2, 0.25) is 0 Å². The molecule has 1 unspecified atom stereocenters. The van der Waals surface area contributed by atoms with Crippen molar-refractivity contribution in [2.45, 2.75) is 23.6 Å². The van der Waals surface area contributed by atoms with Crippen LogP contribution < -0.4 is 14.8 Å². The van der Waals surface area contributed by atoms with Crippen LogP contribution in [0.5, 0.6) is 11.5 Å². The highest BCUT2D eigenvalue weighted by atomic mass is 32.2. The van der Waals surface area contributed by atoms with E-state index in [9.17, 15) is 22.0 Å². The molecule has 3 rings (SSSR count). The fourth-order valence-electron chi connectivity index (χ4n) is 2.44. The number of amides is 1. The molecule has 0 spiro atoms. The molecule has 6 nitrogen and oxygen atoms in total. The molecule has 138 valence electrons. The van der Waals surface area contributed by atoms with Crippen LogP contribution in [0, 0.1) is 0 Å². The van der Waals surface area contributed by atoms with Crippen LogP contribution in [0.25, 0.3) is 0 Å². The van der Waals surface area contributed by atoms with Gasteiger partial charge in [-0.3, -0.25) is 4.79 Å². The first-order valence-corrected chi connectivity index (χ1v) is 9.16. The molecule has 1 atom stereocenters. The molecule has 0 fully saturated rings. The van der Waals surface area contributed by atoms with Gasteiger partial charge < -0.3 is 14.8 Å². The van der Waals surface area contributed by atoms with Crippen LogP contribution in [0.4, 0.5) is 8.78 Å². The molecule has 0 saturated heterocycles. The molecule has 1 N–H and O–H groups in total. The minimum absolute atomic E-state index is 0.146. The van der Waals surface area contributed by atoms with Gasteiger partial charge in [-0.15, -0.1) is 0 Å². The van der Waals surface area contributed by atoms with Gasteiger partial charge in [0, 0.05) is 5.56 Å². The normalized spacial score (nSPS) is 14.3. The van der Waals surface area contributed by atoms with E-state index in [0.717, 1.165) is 17.7 Å². The Balaban J connectivity index is 1.72. The summed E-state index contributed by atoms with van der Waals surface area (Å²) in [6.07, 6.45) is 0. The summed E-state index contributed by atoms with van der Waals surface area (Å²) in [6.45, 7) is 1.92. The summed E-state index contributed by atoms with van der Waals surface area (Å²) in [6, 6.07) is 9.28. The maximum atomic E-state index is 12.5. The molecular weight excluding hydrogens is 368 g/mol. The lowest BCUT2D eigenvalue weighted by Gasteiger charge is -2.15. The van der Waals surface area contributed by atoms with Crippen molar-refractivity contribution < 1.29 is 31.5 Å². The van der Waals surface area contributed by atoms with Crippen LogP contribution in [0.15, 0.2) is 47.4 Å². The number of hydrogen-bond acceptors (Lipinski definition) is 5. The molecule has 2 aromatic rings. The van der Waals surface area contributed by atoms with Crippen LogP contribution in [0.3, 0.4) is 0 Å². The quantitative estimate of drug-likeness (QED) is 0.859. The first-order valence-electron chi connectivity index (χ1n) is 7.61. The maximum absolute atomic E-state index is 12.5. The van der Waals surface area contributed by atoms with E-state index in [1.165, 1.54) is 12.1 Å². The third-order valence-electron chi connectivity index (χ3n) is 3.92. The Hall–Kier alpha value is -2.68. The summed E-state index contributed by atoms with van der Waals surface area (Å²) in [5.74, 6) is -2.75. The summed E-state index contributed by atoms with van der Waals surface area (Å²) in [4.78, 5) is 11.8. The largest absolute Gasteiger partial charge is 0.454 e. The standard InChI is InChI=1S/C17H15F2NO5S/c1-10(12-4-7-14-15(8-12)25-9-24-14)20-16(21)11-2-5-13(6-3-11)26(22,23)17(18)19/h2-8,10,17H,9H2,1H3,(H,20,21). The summed E-state index contributed by atoms with van der Waals surface area (Å²) in [7, 11) is -4.68. The Bertz CT molecular complexity index is 929. The number of fused-ring (bicyclic) bond motifs is 1. The Kier molecular flexibility index (Phi) is 4.82. The molecular formula is C17H15F2NO5S. The van der Waals surface area contributed by atoms with E-state index in [4.69, 9.17) is 9.47 Å². The number of ether oxygens (including phenoxy) is 2. The number of alkyl halides is 2. The molecule has 26 heavy (non-hydrogen) atoms. The molecule has 9 heteroatoms. The van der Waals surface area contributed by atoms with Crippen LogP contribution in [-0.4, -0.2) is 26.9 Å². The molecule has 0 radical (unpaired) electrons. The Morgan fingerprint density at radius 3 is 2.38 bits per heavy atom. The fraction of sp³-hybridized carbons (Fsp3) is 0.235. The predicted molar refractivity (Wildman–Crippen MR) is 88.1 cm³/mol. The molecule has 0 aliphatic carbocycles. The zero-order valence-electron chi connectivity index (χ0n) is 13.6. The van der Waals surface area contributed by atoms with Gasteiger partial charge in [-0.25, -0.2) is 8.42 Å². The number of nitrogens with one attached hydrogen (secondary N) is 1. The number of rotatable bonds is 5. The van der Waals surface area contributed by atoms with Gasteiger partial charge in [0.05, 0.1) is 10.9 Å². The van der Waals surface area contributed by atoms with Crippen molar-refractivity contribution in [2.75, 3.05) is 6.79 Å². The number of carbonyl (C=O) groups excluding carboxylic acids is 1. The van der Waals surface area contributed by atoms with Crippen LogP contribution in [0.1, 0.15) is 28.9 Å². The molecule has 1 aliphatic rings. The topological polar surface area (TPSA) is 81.7 Å². The second-order valence-corrected chi connectivity index (χ2v) is 7.56. The van der Waals surface area contributed by atoms with E-state index in [1.54, 1.807) is 25.1 Å². The first kappa shape index (κ1) is 18.1. The van der Waals surface area contributed by atoms with Crippen molar-refractivity contribution in [2.24, 2.45) is 0 Å². The van der Waals surface area contributed by atoms with Gasteiger partial charge in [-0.05, 0) is 48.9 Å². The van der Waals surface area contributed by atoms with Gasteiger partial charge >= 0.3 is 5.76 Å². The van der Waals surface area contributed by atoms with E-state index >= 15 is 0 Å². The fourth-order valence-corrected chi connectivity index (χ4v) is 3.17. The smallest absolute Gasteiger partial charge is 0.341 e. The van der Waals surface area contributed by atoms with Gasteiger partial charge in [0.2, 0.25) is 16.6 Å². The van der Waals surface area contributed by atoms with E-state index in [1.807, 2.05) is 0 Å². The van der Waals surface area contributed by atoms with Crippen molar-refractivity contribution in [1.29, 1.82) is 0 Å². The van der Waals surface area contributed by atoms with Crippen LogP contribution >= 0.6 is 0 Å². The van der Waals surface area contributed by atoms with Crippen molar-refractivity contribution in [3.63, 3.8) is 0 Å². The van der Waals surface area contributed by atoms with E-state index in [-0.39, 0.29) is 18.4 Å². The zero-order chi connectivity index (χ0) is 18.9. The minimum atomic E-state index is -4.68. The summed E-state index contributed by atoms with van der Waals surface area (Å²) in [5, 5.41) is 2.75. The van der Waals surface area contributed by atoms with Crippen molar-refractivity contribution in [3.8, 4) is 11.5 Å². The number of carbonyl (C=O) groups is 1. The Labute approximate surface area is 148 Å². The lowest BCUT2D eigenvalue weighted by molar-refractivity contribution is 0.0939. The summed E-state index contributed by atoms with van der Waals surface area (Å²) in [5.41, 5.74) is 0.949. The highest BCUT2D eigenvalue weighted by Crippen LogP contribution is 2.34. The monoisotopic (exact) mass is 383 g/mol. The summed E-state index contributed by atoms with van der Waals surface area (Å²) < 4.78 is 58.4. The van der Waals surface area contributed by atoms with E-state index in [0.29, 0.717) is 11.5 Å². The molecule has 0 saturated carbocycles. The van der Waals surface area contributed by atoms with Crippen molar-refractivity contribution in [1.82, 2.24) is 5.32 Å². The first-order chi connectivity index (χ1) is 12.3. The van der Waals surface area contributed by atoms with E-state index < -0.39 is 26.4 Å². The third kappa shape index (κ3) is 3.48. The van der Waals surface area contributed by atoms with Gasteiger partial charge in [0.25, 0.3) is 5.91 Å². The van der Waals surface area contributed by atoms with Gasteiger partial charge in [0.15, 0.2) is 11.5 Å². The minimum Gasteiger partial charge on any atom is -0.454 e. The number of sulfone groups is 1. The second-order valence-electron chi connectivity index (χ2n) is 5.64. The van der Waals surface area contributed by atoms with Gasteiger partial charge in [-0.2, -0.15) is 8.78 Å². The van der Waals surface area contributed by atoms with Crippen molar-refractivity contribution >= 4 is 15.7 Å². The van der Waals surface area contributed by atoms with Crippen molar-refractivity contribution in [3.05, 3.63) is 53.6 Å². The zero-order valence-corrected chi connectivity index (χ0v) is 14.4. The highest BCUT2D eigenvalue weighted by molar-refractivity contribution is 7.91. The molecule has 0 bridgehead atoms. The Morgan fingerprint density at radius 1 is 1.08 bits per heavy atom. The second kappa shape index (κ2) is 6.91. The summed E-state index contributed by atoms with van der Waals surface area (Å²) >= 11 is 0. The number of halogens is 2. The molecule has 2 aromatic carbocycles. The number of benzene rings is 2. The third-order valence-corrected chi connectivity index (χ3v) is 5.32. The highest BCUT2D eigenvalue weighted by Gasteiger charge is 2.26. The molecule has 0 aromatic heterocycles. The lowest BCUT2D eigenvalue weighted by atomic mass is 10.1. The molecule has 1 aliphatic heterocycles. The average molecular weight is 383 g/mol. The Morgan fingerprint density at radius 2 is 1.73 bits per heavy atom. The van der Waals surface area contributed by atoms with Crippen LogP contribution in [-0.2, 0) is 9.84 Å². The molecule has 1 heterocycles. The van der Waals surface area contributed by atoms with Gasteiger partial charge in [0.1, 0.15) is 0 Å². The lowest BCUT2D eigenvalue weighted by Crippen LogP contribution is -2.26.